The Labute approximate surface area is 134 Å². The highest BCUT2D eigenvalue weighted by Gasteiger charge is 2.24. The zero-order valence-electron chi connectivity index (χ0n) is 10.1. The van der Waals surface area contributed by atoms with Gasteiger partial charge in [-0.15, -0.1) is 0 Å². The van der Waals surface area contributed by atoms with Crippen LogP contribution in [-0.4, -0.2) is 6.54 Å². The fraction of sp³-hybridized carbons (Fsp3) is 0.143. The van der Waals surface area contributed by atoms with Crippen molar-refractivity contribution in [2.45, 2.75) is 6.10 Å². The molecule has 0 radical (unpaired) electrons. The minimum atomic E-state index is -0.303. The van der Waals surface area contributed by atoms with Crippen molar-refractivity contribution in [3.8, 4) is 5.75 Å². The number of halogens is 4. The number of ether oxygens (including phenoxy) is 1. The molecular formula is C14H9BrCl2FNO. The molecule has 0 aliphatic carbocycles. The number of anilines is 1. The van der Waals surface area contributed by atoms with Gasteiger partial charge in [-0.1, -0.05) is 29.3 Å². The summed E-state index contributed by atoms with van der Waals surface area (Å²) in [4.78, 5) is 0. The van der Waals surface area contributed by atoms with Crippen molar-refractivity contribution in [3.05, 3.63) is 56.2 Å². The van der Waals surface area contributed by atoms with Crippen molar-refractivity contribution in [1.82, 2.24) is 0 Å². The van der Waals surface area contributed by atoms with E-state index in [0.717, 1.165) is 11.3 Å². The van der Waals surface area contributed by atoms with E-state index in [0.29, 0.717) is 26.8 Å². The molecule has 1 aliphatic heterocycles. The van der Waals surface area contributed by atoms with Gasteiger partial charge in [-0.05, 0) is 45.8 Å². The molecule has 0 aromatic heterocycles. The Morgan fingerprint density at radius 3 is 2.80 bits per heavy atom. The lowest BCUT2D eigenvalue weighted by Gasteiger charge is -2.28. The van der Waals surface area contributed by atoms with E-state index in [2.05, 4.69) is 21.2 Å². The third-order valence-electron chi connectivity index (χ3n) is 3.06. The van der Waals surface area contributed by atoms with Crippen molar-refractivity contribution in [1.29, 1.82) is 0 Å². The Hall–Kier alpha value is -0.970. The lowest BCUT2D eigenvalue weighted by molar-refractivity contribution is 0.210. The van der Waals surface area contributed by atoms with E-state index < -0.39 is 0 Å². The summed E-state index contributed by atoms with van der Waals surface area (Å²) in [6.45, 7) is 0.557. The van der Waals surface area contributed by atoms with Crippen molar-refractivity contribution in [2.75, 3.05) is 11.9 Å². The van der Waals surface area contributed by atoms with Crippen LogP contribution in [-0.2, 0) is 0 Å². The fourth-order valence-corrected chi connectivity index (χ4v) is 3.03. The maximum absolute atomic E-state index is 13.3. The van der Waals surface area contributed by atoms with E-state index >= 15 is 0 Å². The molecule has 0 fully saturated rings. The lowest BCUT2D eigenvalue weighted by atomic mass is 10.1. The smallest absolute Gasteiger partial charge is 0.162 e. The molecule has 20 heavy (non-hydrogen) atoms. The van der Waals surface area contributed by atoms with Gasteiger partial charge in [0.1, 0.15) is 11.9 Å². The summed E-state index contributed by atoms with van der Waals surface area (Å²) >= 11 is 15.3. The molecule has 2 aromatic rings. The first kappa shape index (κ1) is 14.0. The van der Waals surface area contributed by atoms with Crippen LogP contribution in [0, 0.1) is 5.82 Å². The van der Waals surface area contributed by atoms with Gasteiger partial charge >= 0.3 is 0 Å². The van der Waals surface area contributed by atoms with Gasteiger partial charge in [-0.2, -0.15) is 0 Å². The molecule has 1 heterocycles. The zero-order chi connectivity index (χ0) is 14.3. The number of hydrogen-bond acceptors (Lipinski definition) is 2. The number of rotatable bonds is 1. The summed E-state index contributed by atoms with van der Waals surface area (Å²) in [5.41, 5.74) is 1.63. The van der Waals surface area contributed by atoms with Crippen molar-refractivity contribution >= 4 is 44.8 Å². The summed E-state index contributed by atoms with van der Waals surface area (Å²) in [5, 5.41) is 4.22. The van der Waals surface area contributed by atoms with Crippen LogP contribution in [0.3, 0.4) is 0 Å². The number of nitrogens with one attached hydrogen (secondary N) is 1. The normalized spacial score (nSPS) is 17.1. The second kappa shape index (κ2) is 5.43. The first-order chi connectivity index (χ1) is 9.54. The molecule has 0 saturated heterocycles. The standard InChI is InChI=1S/C14H9BrCl2FNO/c15-9-3-7(1-2-11(9)18)13-6-19-12-5-8(16)4-10(17)14(12)20-13/h1-5,13,19H,6H2. The van der Waals surface area contributed by atoms with E-state index in [-0.39, 0.29) is 11.9 Å². The van der Waals surface area contributed by atoms with Gasteiger partial charge in [-0.3, -0.25) is 0 Å². The van der Waals surface area contributed by atoms with Gasteiger partial charge in [0.15, 0.2) is 5.75 Å². The van der Waals surface area contributed by atoms with Crippen molar-refractivity contribution in [2.24, 2.45) is 0 Å². The summed E-state index contributed by atoms with van der Waals surface area (Å²) in [6.07, 6.45) is -0.238. The van der Waals surface area contributed by atoms with Crippen LogP contribution in [0.5, 0.6) is 5.75 Å². The molecule has 104 valence electrons. The SMILES string of the molecule is Fc1ccc(C2CNc3cc(Cl)cc(Cl)c3O2)cc1Br. The van der Waals surface area contributed by atoms with Crippen LogP contribution in [0.1, 0.15) is 11.7 Å². The molecule has 3 rings (SSSR count). The Balaban J connectivity index is 1.93. The Morgan fingerprint density at radius 2 is 2.05 bits per heavy atom. The predicted octanol–water partition coefficient (Wildman–Crippen LogP) is 5.44. The summed E-state index contributed by atoms with van der Waals surface area (Å²) in [5.74, 6) is 0.260. The minimum Gasteiger partial charge on any atom is -0.480 e. The molecule has 2 nitrogen and oxygen atoms in total. The molecule has 2 aromatic carbocycles. The molecular weight excluding hydrogens is 368 g/mol. The third-order valence-corrected chi connectivity index (χ3v) is 4.17. The average Bonchev–Trinajstić information content (AvgIpc) is 2.41. The lowest BCUT2D eigenvalue weighted by Crippen LogP contribution is -2.23. The Morgan fingerprint density at radius 1 is 1.25 bits per heavy atom. The highest BCUT2D eigenvalue weighted by Crippen LogP contribution is 2.42. The number of hydrogen-bond donors (Lipinski definition) is 1. The molecule has 0 bridgehead atoms. The monoisotopic (exact) mass is 375 g/mol. The predicted molar refractivity (Wildman–Crippen MR) is 82.4 cm³/mol. The quantitative estimate of drug-likeness (QED) is 0.715. The topological polar surface area (TPSA) is 21.3 Å². The molecule has 1 atom stereocenters. The molecule has 1 unspecified atom stereocenters. The molecule has 0 saturated carbocycles. The highest BCUT2D eigenvalue weighted by atomic mass is 79.9. The van der Waals surface area contributed by atoms with Crippen molar-refractivity contribution < 1.29 is 9.13 Å². The number of benzene rings is 2. The van der Waals surface area contributed by atoms with Gasteiger partial charge in [0.05, 0.1) is 21.7 Å². The molecule has 1 aliphatic rings. The fourth-order valence-electron chi connectivity index (χ4n) is 2.10. The van der Waals surface area contributed by atoms with Gasteiger partial charge < -0.3 is 10.1 Å². The second-order valence-electron chi connectivity index (χ2n) is 4.43. The maximum Gasteiger partial charge on any atom is 0.162 e. The van der Waals surface area contributed by atoms with Gasteiger partial charge in [-0.25, -0.2) is 4.39 Å². The minimum absolute atomic E-state index is 0.238. The van der Waals surface area contributed by atoms with Crippen LogP contribution < -0.4 is 10.1 Å². The van der Waals surface area contributed by atoms with Crippen LogP contribution in [0.25, 0.3) is 0 Å². The van der Waals surface area contributed by atoms with Crippen LogP contribution in [0.15, 0.2) is 34.8 Å². The van der Waals surface area contributed by atoms with Gasteiger partial charge in [0.25, 0.3) is 0 Å². The average molecular weight is 377 g/mol. The molecule has 1 N–H and O–H groups in total. The van der Waals surface area contributed by atoms with Crippen LogP contribution >= 0.6 is 39.1 Å². The Kier molecular flexibility index (Phi) is 3.80. The zero-order valence-corrected chi connectivity index (χ0v) is 13.2. The maximum atomic E-state index is 13.3. The van der Waals surface area contributed by atoms with E-state index in [1.54, 1.807) is 24.3 Å². The van der Waals surface area contributed by atoms with Crippen LogP contribution in [0.4, 0.5) is 10.1 Å². The third kappa shape index (κ3) is 2.60. The molecule has 0 spiro atoms. The first-order valence-corrected chi connectivity index (χ1v) is 7.44. The van der Waals surface area contributed by atoms with E-state index in [1.165, 1.54) is 6.07 Å². The first-order valence-electron chi connectivity index (χ1n) is 5.89. The van der Waals surface area contributed by atoms with Gasteiger partial charge in [0.2, 0.25) is 0 Å². The summed E-state index contributed by atoms with van der Waals surface area (Å²) < 4.78 is 19.6. The van der Waals surface area contributed by atoms with E-state index in [1.807, 2.05) is 0 Å². The summed E-state index contributed by atoms with van der Waals surface area (Å²) in [6, 6.07) is 8.20. The summed E-state index contributed by atoms with van der Waals surface area (Å²) in [7, 11) is 0. The molecule has 6 heteroatoms. The number of fused-ring (bicyclic) bond motifs is 1. The second-order valence-corrected chi connectivity index (χ2v) is 6.12. The van der Waals surface area contributed by atoms with Crippen molar-refractivity contribution in [3.63, 3.8) is 0 Å². The molecule has 0 amide bonds. The van der Waals surface area contributed by atoms with Crippen LogP contribution in [0.2, 0.25) is 10.0 Å². The van der Waals surface area contributed by atoms with E-state index in [9.17, 15) is 4.39 Å². The largest absolute Gasteiger partial charge is 0.480 e. The van der Waals surface area contributed by atoms with Gasteiger partial charge in [0, 0.05) is 5.02 Å². The van der Waals surface area contributed by atoms with E-state index in [4.69, 9.17) is 27.9 Å². The highest BCUT2D eigenvalue weighted by molar-refractivity contribution is 9.10. The Bertz CT molecular complexity index is 680.